The molecule has 0 saturated carbocycles. The highest BCUT2D eigenvalue weighted by Gasteiger charge is 2.22. The monoisotopic (exact) mass is 547 g/mol. The fraction of sp³-hybridized carbons (Fsp3) is 0. The third-order valence-corrected chi connectivity index (χ3v) is 8.58. The number of hydrogen-bond donors (Lipinski definition) is 0. The van der Waals surface area contributed by atoms with Crippen LogP contribution in [-0.4, -0.2) is 14.5 Å². The summed E-state index contributed by atoms with van der Waals surface area (Å²) in [7, 11) is 0. The van der Waals surface area contributed by atoms with Gasteiger partial charge in [-0.2, -0.15) is 0 Å². The molecule has 2 aromatic heterocycles. The molecule has 9 aromatic rings. The first kappa shape index (κ1) is 23.9. The molecular formula is C40H25N3. The molecule has 0 aliphatic rings. The SMILES string of the molecule is c1ccc(-c2cc(-c3ccccc3)nc(-n3c4ccccc4c4c5ccc6ccccc6c5c5ccccc5c43)n2)cc1. The van der Waals surface area contributed by atoms with Crippen molar-refractivity contribution < 1.29 is 0 Å². The minimum absolute atomic E-state index is 0.664. The molecule has 0 bridgehead atoms. The van der Waals surface area contributed by atoms with Crippen LogP contribution in [0.2, 0.25) is 0 Å². The van der Waals surface area contributed by atoms with Crippen molar-refractivity contribution >= 4 is 54.1 Å². The third-order valence-electron chi connectivity index (χ3n) is 8.58. The van der Waals surface area contributed by atoms with Gasteiger partial charge in [-0.25, -0.2) is 9.97 Å². The van der Waals surface area contributed by atoms with Crippen molar-refractivity contribution in [3.8, 4) is 28.5 Å². The summed E-state index contributed by atoms with van der Waals surface area (Å²) in [5.74, 6) is 0.664. The lowest BCUT2D eigenvalue weighted by Crippen LogP contribution is -2.04. The quantitative estimate of drug-likeness (QED) is 0.206. The maximum atomic E-state index is 5.26. The molecule has 0 saturated heterocycles. The Morgan fingerprint density at radius 3 is 1.65 bits per heavy atom. The van der Waals surface area contributed by atoms with Gasteiger partial charge in [-0.1, -0.05) is 140 Å². The maximum absolute atomic E-state index is 5.26. The Hall–Kier alpha value is -5.80. The number of aromatic nitrogens is 3. The van der Waals surface area contributed by atoms with E-state index < -0.39 is 0 Å². The molecule has 3 nitrogen and oxygen atoms in total. The van der Waals surface area contributed by atoms with Gasteiger partial charge < -0.3 is 0 Å². The summed E-state index contributed by atoms with van der Waals surface area (Å²) in [5, 5.41) is 9.88. The van der Waals surface area contributed by atoms with E-state index in [4.69, 9.17) is 9.97 Å². The number of nitrogens with zero attached hydrogens (tertiary/aromatic N) is 3. The molecule has 3 heteroatoms. The van der Waals surface area contributed by atoms with Crippen LogP contribution in [0.4, 0.5) is 0 Å². The minimum Gasteiger partial charge on any atom is -0.277 e. The van der Waals surface area contributed by atoms with Gasteiger partial charge in [-0.3, -0.25) is 4.57 Å². The van der Waals surface area contributed by atoms with Crippen molar-refractivity contribution in [1.82, 2.24) is 14.5 Å². The molecule has 0 radical (unpaired) electrons. The Morgan fingerprint density at radius 1 is 0.395 bits per heavy atom. The van der Waals surface area contributed by atoms with Crippen molar-refractivity contribution in [2.75, 3.05) is 0 Å². The standard InChI is InChI=1S/C40H25N3/c1-3-14-27(15-4-1)34-25-35(28-16-5-2-6-17-28)42-40(41-34)43-36-22-12-11-21-32(36)38-33-24-23-26-13-7-8-18-29(26)37(33)30-19-9-10-20-31(30)39(38)43/h1-25H. The van der Waals surface area contributed by atoms with E-state index >= 15 is 0 Å². The molecule has 0 amide bonds. The third kappa shape index (κ3) is 3.62. The number of para-hydroxylation sites is 1. The molecule has 0 unspecified atom stereocenters. The second-order valence-corrected chi connectivity index (χ2v) is 11.0. The van der Waals surface area contributed by atoms with Crippen LogP contribution in [0.5, 0.6) is 0 Å². The summed E-state index contributed by atoms with van der Waals surface area (Å²) in [6.45, 7) is 0. The summed E-state index contributed by atoms with van der Waals surface area (Å²) in [6.07, 6.45) is 0. The summed E-state index contributed by atoms with van der Waals surface area (Å²) in [6, 6.07) is 53.5. The van der Waals surface area contributed by atoms with Crippen LogP contribution in [0.15, 0.2) is 152 Å². The maximum Gasteiger partial charge on any atom is 0.235 e. The van der Waals surface area contributed by atoms with Crippen molar-refractivity contribution in [3.63, 3.8) is 0 Å². The molecule has 0 spiro atoms. The Morgan fingerprint density at radius 2 is 0.953 bits per heavy atom. The van der Waals surface area contributed by atoms with Gasteiger partial charge in [-0.05, 0) is 39.1 Å². The second-order valence-electron chi connectivity index (χ2n) is 11.0. The molecule has 0 aliphatic carbocycles. The van der Waals surface area contributed by atoms with E-state index in [1.807, 2.05) is 12.1 Å². The van der Waals surface area contributed by atoms with Gasteiger partial charge in [0.1, 0.15) is 0 Å². The number of fused-ring (bicyclic) bond motifs is 10. The van der Waals surface area contributed by atoms with E-state index in [1.54, 1.807) is 0 Å². The van der Waals surface area contributed by atoms with Crippen LogP contribution in [0.1, 0.15) is 0 Å². The van der Waals surface area contributed by atoms with Crippen LogP contribution in [0.3, 0.4) is 0 Å². The first-order chi connectivity index (χ1) is 21.3. The summed E-state index contributed by atoms with van der Waals surface area (Å²) < 4.78 is 2.28. The Labute approximate surface area is 248 Å². The highest BCUT2D eigenvalue weighted by Crippen LogP contribution is 2.44. The van der Waals surface area contributed by atoms with E-state index in [1.165, 1.54) is 43.1 Å². The van der Waals surface area contributed by atoms with Crippen LogP contribution in [0, 0.1) is 0 Å². The van der Waals surface area contributed by atoms with E-state index in [-0.39, 0.29) is 0 Å². The van der Waals surface area contributed by atoms with Gasteiger partial charge in [-0.15, -0.1) is 0 Å². The van der Waals surface area contributed by atoms with Gasteiger partial charge in [0, 0.05) is 27.3 Å². The van der Waals surface area contributed by atoms with Crippen LogP contribution < -0.4 is 0 Å². The Kier molecular flexibility index (Phi) is 5.20. The van der Waals surface area contributed by atoms with Crippen LogP contribution >= 0.6 is 0 Å². The fourth-order valence-corrected chi connectivity index (χ4v) is 6.70. The van der Waals surface area contributed by atoms with Gasteiger partial charge in [0.15, 0.2) is 0 Å². The first-order valence-electron chi connectivity index (χ1n) is 14.6. The lowest BCUT2D eigenvalue weighted by molar-refractivity contribution is 0.998. The van der Waals surface area contributed by atoms with Crippen LogP contribution in [0.25, 0.3) is 82.6 Å². The highest BCUT2D eigenvalue weighted by atomic mass is 15.2. The molecule has 0 fully saturated rings. The Balaban J connectivity index is 1.49. The van der Waals surface area contributed by atoms with Gasteiger partial charge in [0.2, 0.25) is 5.95 Å². The fourth-order valence-electron chi connectivity index (χ4n) is 6.70. The zero-order valence-corrected chi connectivity index (χ0v) is 23.3. The highest BCUT2D eigenvalue weighted by molar-refractivity contribution is 6.36. The molecule has 0 N–H and O–H groups in total. The van der Waals surface area contributed by atoms with Crippen molar-refractivity contribution in [3.05, 3.63) is 152 Å². The lowest BCUT2D eigenvalue weighted by atomic mass is 9.93. The van der Waals surface area contributed by atoms with Crippen LogP contribution in [-0.2, 0) is 0 Å². The lowest BCUT2D eigenvalue weighted by Gasteiger charge is -2.14. The van der Waals surface area contributed by atoms with E-state index in [0.717, 1.165) is 33.5 Å². The molecule has 9 rings (SSSR count). The molecule has 7 aromatic carbocycles. The normalized spacial score (nSPS) is 11.7. The summed E-state index contributed by atoms with van der Waals surface area (Å²) in [5.41, 5.74) is 6.13. The topological polar surface area (TPSA) is 30.7 Å². The van der Waals surface area contributed by atoms with Crippen molar-refractivity contribution in [2.45, 2.75) is 0 Å². The zero-order valence-electron chi connectivity index (χ0n) is 23.3. The smallest absolute Gasteiger partial charge is 0.235 e. The summed E-state index contributed by atoms with van der Waals surface area (Å²) >= 11 is 0. The predicted molar refractivity (Wildman–Crippen MR) is 180 cm³/mol. The minimum atomic E-state index is 0.664. The molecule has 0 atom stereocenters. The average Bonchev–Trinajstić information content (AvgIpc) is 3.44. The zero-order chi connectivity index (χ0) is 28.3. The van der Waals surface area contributed by atoms with E-state index in [2.05, 4.69) is 144 Å². The number of hydrogen-bond acceptors (Lipinski definition) is 2. The molecule has 2 heterocycles. The molecular weight excluding hydrogens is 522 g/mol. The van der Waals surface area contributed by atoms with Crippen molar-refractivity contribution in [1.29, 1.82) is 0 Å². The average molecular weight is 548 g/mol. The number of rotatable bonds is 3. The Bertz CT molecular complexity index is 2440. The largest absolute Gasteiger partial charge is 0.277 e. The van der Waals surface area contributed by atoms with E-state index in [9.17, 15) is 0 Å². The second kappa shape index (κ2) is 9.37. The molecule has 200 valence electrons. The van der Waals surface area contributed by atoms with Gasteiger partial charge >= 0.3 is 0 Å². The molecule has 43 heavy (non-hydrogen) atoms. The van der Waals surface area contributed by atoms with Gasteiger partial charge in [0.05, 0.1) is 22.4 Å². The van der Waals surface area contributed by atoms with E-state index in [0.29, 0.717) is 5.95 Å². The van der Waals surface area contributed by atoms with Gasteiger partial charge in [0.25, 0.3) is 0 Å². The summed E-state index contributed by atoms with van der Waals surface area (Å²) in [4.78, 5) is 10.5. The molecule has 0 aliphatic heterocycles. The predicted octanol–water partition coefficient (Wildman–Crippen LogP) is 10.4. The number of benzene rings is 7. The van der Waals surface area contributed by atoms with Crippen molar-refractivity contribution in [2.24, 2.45) is 0 Å². The first-order valence-corrected chi connectivity index (χ1v) is 14.6.